The molecule has 0 aliphatic heterocycles. The number of carbonyl (C=O) groups is 1. The molecule has 0 saturated carbocycles. The average molecular weight is 334 g/mol. The summed E-state index contributed by atoms with van der Waals surface area (Å²) in [4.78, 5) is 25.0. The van der Waals surface area contributed by atoms with Gasteiger partial charge in [0.25, 0.3) is 0 Å². The second-order valence-electron chi connectivity index (χ2n) is 5.72. The first-order chi connectivity index (χ1) is 12.0. The van der Waals surface area contributed by atoms with E-state index in [2.05, 4.69) is 6.58 Å². The van der Waals surface area contributed by atoms with Crippen LogP contribution in [0.4, 0.5) is 0 Å². The first kappa shape index (κ1) is 16.7. The first-order valence-electron chi connectivity index (χ1n) is 7.95. The summed E-state index contributed by atoms with van der Waals surface area (Å²) >= 11 is 0. The molecule has 1 aromatic heterocycles. The Labute approximate surface area is 145 Å². The van der Waals surface area contributed by atoms with Gasteiger partial charge in [0.1, 0.15) is 23.7 Å². The Morgan fingerprint density at radius 3 is 2.56 bits per heavy atom. The summed E-state index contributed by atoms with van der Waals surface area (Å²) in [7, 11) is 0. The maximum Gasteiger partial charge on any atom is 0.196 e. The van der Waals surface area contributed by atoms with Crippen molar-refractivity contribution in [3.05, 3.63) is 76.5 Å². The Bertz CT molecular complexity index is 1010. The lowest BCUT2D eigenvalue weighted by molar-refractivity contribution is 0.101. The molecular weight excluding hydrogens is 316 g/mol. The molecule has 0 bridgehead atoms. The number of ketones is 1. The van der Waals surface area contributed by atoms with Gasteiger partial charge in [-0.2, -0.15) is 0 Å². The van der Waals surface area contributed by atoms with E-state index in [1.807, 2.05) is 30.3 Å². The van der Waals surface area contributed by atoms with Crippen LogP contribution in [0.2, 0.25) is 0 Å². The van der Waals surface area contributed by atoms with Crippen LogP contribution in [0.1, 0.15) is 22.8 Å². The van der Waals surface area contributed by atoms with Gasteiger partial charge in [-0.1, -0.05) is 43.0 Å². The zero-order chi connectivity index (χ0) is 18.0. The summed E-state index contributed by atoms with van der Waals surface area (Å²) in [6.07, 6.45) is 1.59. The predicted octanol–water partition coefficient (Wildman–Crippen LogP) is 4.54. The molecule has 0 amide bonds. The number of carbonyl (C=O) groups excluding carboxylic acids is 1. The van der Waals surface area contributed by atoms with Gasteiger partial charge in [0.2, 0.25) is 0 Å². The van der Waals surface area contributed by atoms with E-state index in [0.29, 0.717) is 22.5 Å². The third-order valence-electron chi connectivity index (χ3n) is 3.99. The Kier molecular flexibility index (Phi) is 4.52. The quantitative estimate of drug-likeness (QED) is 0.508. The van der Waals surface area contributed by atoms with E-state index in [1.54, 1.807) is 25.1 Å². The summed E-state index contributed by atoms with van der Waals surface area (Å²) < 4.78 is 11.6. The van der Waals surface area contributed by atoms with Crippen molar-refractivity contribution < 1.29 is 13.9 Å². The Hall–Kier alpha value is -3.14. The zero-order valence-electron chi connectivity index (χ0n) is 14.2. The monoisotopic (exact) mass is 334 g/mol. The molecule has 0 N–H and O–H groups in total. The number of Topliss-reactive ketones (excluding diaryl/α,β-unsaturated/α-hetero) is 1. The van der Waals surface area contributed by atoms with Crippen molar-refractivity contribution in [2.75, 3.05) is 6.61 Å². The van der Waals surface area contributed by atoms with Crippen molar-refractivity contribution in [2.24, 2.45) is 0 Å². The molecule has 0 spiro atoms. The normalized spacial score (nSPS) is 10.6. The molecule has 0 atom stereocenters. The summed E-state index contributed by atoms with van der Waals surface area (Å²) in [6.45, 7) is 7.02. The molecule has 4 heteroatoms. The lowest BCUT2D eigenvalue weighted by atomic mass is 10.0. The fourth-order valence-corrected chi connectivity index (χ4v) is 2.80. The van der Waals surface area contributed by atoms with Crippen LogP contribution in [0.25, 0.3) is 22.3 Å². The molecule has 3 rings (SSSR count). The minimum absolute atomic E-state index is 0.155. The van der Waals surface area contributed by atoms with Crippen LogP contribution in [0.15, 0.2) is 64.3 Å². The molecule has 0 radical (unpaired) electrons. The fourth-order valence-electron chi connectivity index (χ4n) is 2.80. The van der Waals surface area contributed by atoms with Crippen LogP contribution in [0.3, 0.4) is 0 Å². The van der Waals surface area contributed by atoms with Gasteiger partial charge in [-0.3, -0.25) is 9.59 Å². The molecule has 4 nitrogen and oxygen atoms in total. The molecule has 0 unspecified atom stereocenters. The van der Waals surface area contributed by atoms with Gasteiger partial charge in [-0.25, -0.2) is 0 Å². The fraction of sp³-hybridized carbons (Fsp3) is 0.143. The number of fused-ring (bicyclic) bond motifs is 1. The molecule has 0 aliphatic rings. The van der Waals surface area contributed by atoms with Crippen LogP contribution in [0, 0.1) is 6.92 Å². The number of hydrogen-bond donors (Lipinski definition) is 0. The topological polar surface area (TPSA) is 56.5 Å². The minimum Gasteiger partial charge on any atom is -0.489 e. The van der Waals surface area contributed by atoms with Crippen LogP contribution < -0.4 is 10.2 Å². The summed E-state index contributed by atoms with van der Waals surface area (Å²) in [5.41, 5.74) is 1.66. The predicted molar refractivity (Wildman–Crippen MR) is 98.4 cm³/mol. The lowest BCUT2D eigenvalue weighted by Crippen LogP contribution is -2.10. The van der Waals surface area contributed by atoms with Crippen molar-refractivity contribution >= 4 is 16.8 Å². The molecular formula is C21H18O4. The van der Waals surface area contributed by atoms with Gasteiger partial charge in [0.05, 0.1) is 5.39 Å². The Morgan fingerprint density at radius 1 is 1.20 bits per heavy atom. The van der Waals surface area contributed by atoms with Crippen LogP contribution >= 0.6 is 0 Å². The molecule has 2 aromatic carbocycles. The number of hydrogen-bond acceptors (Lipinski definition) is 4. The second-order valence-corrected chi connectivity index (χ2v) is 5.72. The smallest absolute Gasteiger partial charge is 0.196 e. The maximum absolute atomic E-state index is 12.8. The van der Waals surface area contributed by atoms with Crippen molar-refractivity contribution in [1.29, 1.82) is 0 Å². The highest BCUT2D eigenvalue weighted by molar-refractivity contribution is 6.07. The molecule has 0 aliphatic carbocycles. The van der Waals surface area contributed by atoms with E-state index >= 15 is 0 Å². The second kappa shape index (κ2) is 6.77. The standard InChI is InChI=1S/C21H18O4/c1-4-12-24-17-11-10-16-19(23)13(2)20(15-8-6-5-7-9-15)25-21(16)18(17)14(3)22/h4-11H,1,12H2,2-3H3. The molecule has 0 saturated heterocycles. The largest absolute Gasteiger partial charge is 0.489 e. The van der Waals surface area contributed by atoms with E-state index in [0.717, 1.165) is 5.56 Å². The van der Waals surface area contributed by atoms with Gasteiger partial charge in [0.15, 0.2) is 16.8 Å². The molecule has 0 fully saturated rings. The van der Waals surface area contributed by atoms with Crippen molar-refractivity contribution in [3.8, 4) is 17.1 Å². The zero-order valence-corrected chi connectivity index (χ0v) is 14.2. The third-order valence-corrected chi connectivity index (χ3v) is 3.99. The maximum atomic E-state index is 12.8. The summed E-state index contributed by atoms with van der Waals surface area (Å²) in [5.74, 6) is 0.614. The van der Waals surface area contributed by atoms with E-state index in [4.69, 9.17) is 9.15 Å². The molecule has 126 valence electrons. The van der Waals surface area contributed by atoms with Gasteiger partial charge in [-0.15, -0.1) is 0 Å². The van der Waals surface area contributed by atoms with Gasteiger partial charge in [0, 0.05) is 11.1 Å². The minimum atomic E-state index is -0.226. The summed E-state index contributed by atoms with van der Waals surface area (Å²) in [6, 6.07) is 12.6. The molecule has 25 heavy (non-hydrogen) atoms. The number of rotatable bonds is 5. The van der Waals surface area contributed by atoms with Crippen LogP contribution in [-0.2, 0) is 0 Å². The van der Waals surface area contributed by atoms with E-state index in [1.165, 1.54) is 6.92 Å². The van der Waals surface area contributed by atoms with E-state index in [9.17, 15) is 9.59 Å². The highest BCUT2D eigenvalue weighted by atomic mass is 16.5. The molecule has 1 heterocycles. The highest BCUT2D eigenvalue weighted by Crippen LogP contribution is 2.32. The van der Waals surface area contributed by atoms with E-state index < -0.39 is 0 Å². The Morgan fingerprint density at radius 2 is 1.92 bits per heavy atom. The lowest BCUT2D eigenvalue weighted by Gasteiger charge is -2.13. The SMILES string of the molecule is C=CCOc1ccc2c(=O)c(C)c(-c3ccccc3)oc2c1C(C)=O. The van der Waals surface area contributed by atoms with E-state index in [-0.39, 0.29) is 29.0 Å². The van der Waals surface area contributed by atoms with Gasteiger partial charge in [-0.05, 0) is 26.0 Å². The van der Waals surface area contributed by atoms with Crippen LogP contribution in [-0.4, -0.2) is 12.4 Å². The van der Waals surface area contributed by atoms with Crippen LogP contribution in [0.5, 0.6) is 5.75 Å². The van der Waals surface area contributed by atoms with Crippen molar-refractivity contribution in [2.45, 2.75) is 13.8 Å². The summed E-state index contributed by atoms with van der Waals surface area (Å²) in [5, 5.41) is 0.369. The number of benzene rings is 2. The average Bonchev–Trinajstić information content (AvgIpc) is 2.62. The van der Waals surface area contributed by atoms with Gasteiger partial charge >= 0.3 is 0 Å². The highest BCUT2D eigenvalue weighted by Gasteiger charge is 2.20. The first-order valence-corrected chi connectivity index (χ1v) is 7.95. The Balaban J connectivity index is 2.37. The molecule has 3 aromatic rings. The van der Waals surface area contributed by atoms with Gasteiger partial charge < -0.3 is 9.15 Å². The third kappa shape index (κ3) is 2.98. The number of ether oxygens (including phenoxy) is 1. The van der Waals surface area contributed by atoms with Crippen molar-refractivity contribution in [3.63, 3.8) is 0 Å². The van der Waals surface area contributed by atoms with Crippen molar-refractivity contribution in [1.82, 2.24) is 0 Å².